The molecule has 142 valence electrons. The Kier molecular flexibility index (Phi) is 5.30. The molecule has 0 radical (unpaired) electrons. The molecular formula is C20H23N3O4. The first-order valence-corrected chi connectivity index (χ1v) is 8.91. The first-order chi connectivity index (χ1) is 12.9. The van der Waals surface area contributed by atoms with Gasteiger partial charge in [0.2, 0.25) is 0 Å². The second-order valence-electron chi connectivity index (χ2n) is 6.69. The van der Waals surface area contributed by atoms with E-state index in [4.69, 9.17) is 4.74 Å². The summed E-state index contributed by atoms with van der Waals surface area (Å²) in [6, 6.07) is 12.3. The van der Waals surface area contributed by atoms with Crippen molar-refractivity contribution < 1.29 is 14.5 Å². The van der Waals surface area contributed by atoms with Gasteiger partial charge in [0.1, 0.15) is 11.9 Å². The maximum Gasteiger partial charge on any atom is 0.272 e. The number of benzene rings is 2. The highest BCUT2D eigenvalue weighted by atomic mass is 16.6. The van der Waals surface area contributed by atoms with E-state index >= 15 is 0 Å². The van der Waals surface area contributed by atoms with Crippen LogP contribution in [0.4, 0.5) is 11.4 Å². The van der Waals surface area contributed by atoms with Crippen LogP contribution in [0.15, 0.2) is 42.5 Å². The SMILES string of the molecule is CCN1CC(CN(C)C(=O)c2ccc([N+](=O)[O-])c(C)c2)Oc2ccccc21. The number of rotatable bonds is 5. The summed E-state index contributed by atoms with van der Waals surface area (Å²) >= 11 is 0. The highest BCUT2D eigenvalue weighted by Gasteiger charge is 2.27. The molecule has 1 unspecified atom stereocenters. The van der Waals surface area contributed by atoms with Crippen LogP contribution in [0.2, 0.25) is 0 Å². The number of ether oxygens (including phenoxy) is 1. The molecular weight excluding hydrogens is 346 g/mol. The van der Waals surface area contributed by atoms with Gasteiger partial charge in [-0.1, -0.05) is 12.1 Å². The number of aryl methyl sites for hydroxylation is 1. The van der Waals surface area contributed by atoms with Crippen LogP contribution in [0.25, 0.3) is 0 Å². The van der Waals surface area contributed by atoms with Crippen LogP contribution in [0, 0.1) is 17.0 Å². The maximum atomic E-state index is 12.7. The zero-order valence-electron chi connectivity index (χ0n) is 15.7. The van der Waals surface area contributed by atoms with E-state index in [1.54, 1.807) is 24.9 Å². The van der Waals surface area contributed by atoms with Gasteiger partial charge in [-0.2, -0.15) is 0 Å². The van der Waals surface area contributed by atoms with Crippen molar-refractivity contribution in [2.45, 2.75) is 20.0 Å². The van der Waals surface area contributed by atoms with Crippen molar-refractivity contribution in [1.29, 1.82) is 0 Å². The summed E-state index contributed by atoms with van der Waals surface area (Å²) in [4.78, 5) is 27.1. The number of carbonyl (C=O) groups is 1. The van der Waals surface area contributed by atoms with Gasteiger partial charge < -0.3 is 14.5 Å². The Morgan fingerprint density at radius 1 is 1.33 bits per heavy atom. The lowest BCUT2D eigenvalue weighted by molar-refractivity contribution is -0.385. The highest BCUT2D eigenvalue weighted by molar-refractivity contribution is 5.94. The number of hydrogen-bond donors (Lipinski definition) is 0. The topological polar surface area (TPSA) is 75.9 Å². The number of nitrogens with zero attached hydrogens (tertiary/aromatic N) is 3. The molecule has 0 spiro atoms. The van der Waals surface area contributed by atoms with E-state index in [1.807, 2.05) is 24.3 Å². The Balaban J connectivity index is 1.72. The summed E-state index contributed by atoms with van der Waals surface area (Å²) in [5.41, 5.74) is 1.99. The van der Waals surface area contributed by atoms with Crippen molar-refractivity contribution in [3.63, 3.8) is 0 Å². The lowest BCUT2D eigenvalue weighted by atomic mass is 10.1. The number of para-hydroxylation sites is 2. The summed E-state index contributed by atoms with van der Waals surface area (Å²) in [5, 5.41) is 10.9. The van der Waals surface area contributed by atoms with Gasteiger partial charge >= 0.3 is 0 Å². The number of likely N-dealkylation sites (N-methyl/N-ethyl adjacent to an activating group) is 2. The first-order valence-electron chi connectivity index (χ1n) is 8.91. The van der Waals surface area contributed by atoms with Crippen LogP contribution in [-0.4, -0.2) is 48.5 Å². The number of nitro groups is 1. The fourth-order valence-electron chi connectivity index (χ4n) is 3.38. The lowest BCUT2D eigenvalue weighted by Gasteiger charge is -2.37. The zero-order chi connectivity index (χ0) is 19.6. The quantitative estimate of drug-likeness (QED) is 0.597. The van der Waals surface area contributed by atoms with Crippen LogP contribution < -0.4 is 9.64 Å². The van der Waals surface area contributed by atoms with Crippen molar-refractivity contribution in [3.05, 3.63) is 63.7 Å². The fourth-order valence-corrected chi connectivity index (χ4v) is 3.38. The molecule has 2 aromatic carbocycles. The molecule has 0 aliphatic carbocycles. The van der Waals surface area contributed by atoms with E-state index in [9.17, 15) is 14.9 Å². The second-order valence-corrected chi connectivity index (χ2v) is 6.69. The number of anilines is 1. The van der Waals surface area contributed by atoms with E-state index < -0.39 is 4.92 Å². The molecule has 0 bridgehead atoms. The van der Waals surface area contributed by atoms with Crippen LogP contribution in [0.5, 0.6) is 5.75 Å². The third kappa shape index (κ3) is 3.86. The van der Waals surface area contributed by atoms with E-state index in [1.165, 1.54) is 12.1 Å². The maximum absolute atomic E-state index is 12.7. The molecule has 3 rings (SSSR count). The van der Waals surface area contributed by atoms with Gasteiger partial charge in [0.25, 0.3) is 11.6 Å². The van der Waals surface area contributed by atoms with Gasteiger partial charge in [-0.3, -0.25) is 14.9 Å². The minimum atomic E-state index is -0.444. The van der Waals surface area contributed by atoms with Crippen molar-refractivity contribution >= 4 is 17.3 Å². The number of hydrogen-bond acceptors (Lipinski definition) is 5. The van der Waals surface area contributed by atoms with Gasteiger partial charge in [-0.05, 0) is 38.1 Å². The van der Waals surface area contributed by atoms with Crippen LogP contribution in [-0.2, 0) is 0 Å². The number of carbonyl (C=O) groups excluding carboxylic acids is 1. The molecule has 7 nitrogen and oxygen atoms in total. The minimum absolute atomic E-state index is 0.0139. The third-order valence-corrected chi connectivity index (χ3v) is 4.77. The van der Waals surface area contributed by atoms with Crippen molar-refractivity contribution in [2.24, 2.45) is 0 Å². The lowest BCUT2D eigenvalue weighted by Crippen LogP contribution is -2.46. The Morgan fingerprint density at radius 3 is 2.74 bits per heavy atom. The first kappa shape index (κ1) is 18.7. The van der Waals surface area contributed by atoms with Crippen LogP contribution >= 0.6 is 0 Å². The van der Waals surface area contributed by atoms with Gasteiger partial charge in [0, 0.05) is 30.8 Å². The molecule has 0 saturated carbocycles. The Labute approximate surface area is 158 Å². The molecule has 0 saturated heterocycles. The third-order valence-electron chi connectivity index (χ3n) is 4.77. The highest BCUT2D eigenvalue weighted by Crippen LogP contribution is 2.33. The number of fused-ring (bicyclic) bond motifs is 1. The monoisotopic (exact) mass is 369 g/mol. The fraction of sp³-hybridized carbons (Fsp3) is 0.350. The molecule has 1 aliphatic heterocycles. The van der Waals surface area contributed by atoms with E-state index in [2.05, 4.69) is 11.8 Å². The van der Waals surface area contributed by atoms with Gasteiger partial charge in [-0.15, -0.1) is 0 Å². The summed E-state index contributed by atoms with van der Waals surface area (Å²) in [7, 11) is 1.72. The van der Waals surface area contributed by atoms with Crippen molar-refractivity contribution in [3.8, 4) is 5.75 Å². The molecule has 0 N–H and O–H groups in total. The Bertz CT molecular complexity index is 868. The molecule has 1 amide bonds. The molecule has 27 heavy (non-hydrogen) atoms. The predicted molar refractivity (Wildman–Crippen MR) is 104 cm³/mol. The summed E-state index contributed by atoms with van der Waals surface area (Å²) in [6.45, 7) is 5.71. The van der Waals surface area contributed by atoms with E-state index in [-0.39, 0.29) is 17.7 Å². The summed E-state index contributed by atoms with van der Waals surface area (Å²) in [5.74, 6) is 0.640. The van der Waals surface area contributed by atoms with Crippen LogP contribution in [0.3, 0.4) is 0 Å². The zero-order valence-corrected chi connectivity index (χ0v) is 15.7. The molecule has 7 heteroatoms. The van der Waals surface area contributed by atoms with Gasteiger partial charge in [0.15, 0.2) is 0 Å². The Morgan fingerprint density at radius 2 is 2.07 bits per heavy atom. The summed E-state index contributed by atoms with van der Waals surface area (Å²) < 4.78 is 6.07. The largest absolute Gasteiger partial charge is 0.485 e. The molecule has 2 aromatic rings. The smallest absolute Gasteiger partial charge is 0.272 e. The van der Waals surface area contributed by atoms with Crippen LogP contribution in [0.1, 0.15) is 22.8 Å². The van der Waals surface area contributed by atoms with Crippen molar-refractivity contribution in [2.75, 3.05) is 31.6 Å². The second kappa shape index (κ2) is 7.65. The van der Waals surface area contributed by atoms with E-state index in [0.717, 1.165) is 18.0 Å². The Hall–Kier alpha value is -3.09. The molecule has 0 aromatic heterocycles. The van der Waals surface area contributed by atoms with Gasteiger partial charge in [0.05, 0.1) is 23.7 Å². The van der Waals surface area contributed by atoms with E-state index in [0.29, 0.717) is 24.2 Å². The standard InChI is InChI=1S/C20H23N3O4/c1-4-22-13-16(27-19-8-6-5-7-18(19)22)12-21(3)20(24)15-9-10-17(23(25)26)14(2)11-15/h5-11,16H,4,12-13H2,1-3H3. The van der Waals surface area contributed by atoms with Gasteiger partial charge in [-0.25, -0.2) is 0 Å². The molecule has 1 atom stereocenters. The molecule has 0 fully saturated rings. The summed E-state index contributed by atoms with van der Waals surface area (Å²) in [6.07, 6.45) is -0.145. The average Bonchev–Trinajstić information content (AvgIpc) is 2.66. The number of amides is 1. The predicted octanol–water partition coefficient (Wildman–Crippen LogP) is 3.26. The number of nitro benzene ring substituents is 1. The molecule has 1 heterocycles. The normalized spacial score (nSPS) is 15.7. The average molecular weight is 369 g/mol. The van der Waals surface area contributed by atoms with Crippen molar-refractivity contribution in [1.82, 2.24) is 4.90 Å². The minimum Gasteiger partial charge on any atom is -0.485 e. The molecule has 1 aliphatic rings.